The van der Waals surface area contributed by atoms with Crippen molar-refractivity contribution in [3.63, 3.8) is 0 Å². The highest BCUT2D eigenvalue weighted by molar-refractivity contribution is 6.42. The second kappa shape index (κ2) is 11.5. The maximum Gasteiger partial charge on any atom is 0.573 e. The number of nitriles is 1. The fourth-order valence-electron chi connectivity index (χ4n) is 3.21. The Balaban J connectivity index is 2.09. The number of hydrazine groups is 1. The molecule has 1 heterocycles. The van der Waals surface area contributed by atoms with Crippen molar-refractivity contribution in [2.24, 2.45) is 10.1 Å². The number of carbonyl (C=O) groups is 1. The van der Waals surface area contributed by atoms with E-state index in [1.165, 1.54) is 17.1 Å². The van der Waals surface area contributed by atoms with E-state index in [2.05, 4.69) is 20.1 Å². The predicted molar refractivity (Wildman–Crippen MR) is 125 cm³/mol. The van der Waals surface area contributed by atoms with Crippen molar-refractivity contribution in [3.05, 3.63) is 57.8 Å². The highest BCUT2D eigenvalue weighted by Gasteiger charge is 2.35. The summed E-state index contributed by atoms with van der Waals surface area (Å²) in [5.74, 6) is -3.53. The van der Waals surface area contributed by atoms with Gasteiger partial charge in [-0.1, -0.05) is 29.3 Å². The lowest BCUT2D eigenvalue weighted by atomic mass is 10.2. The molecule has 1 aliphatic heterocycles. The number of aliphatic imine (C=N–C) groups is 1. The standard InChI is InChI=1S/C21H17Cl2F4N7O3/c1-2-33(17(36)9-35)34-11-32(31-19(34)12-6-7-13(22)14(23)8-12)20(29-10-28)30-15-4-3-5-16(18(15)24)37-21(25,26)27/h3-8,35H,2,9,11H2,1H3,(H,29,30). The van der Waals surface area contributed by atoms with Crippen LogP contribution in [0.3, 0.4) is 0 Å². The SMILES string of the molecule is CCN(C(=O)CO)N1CN(C(=Nc2cccc(OC(F)(F)F)c2F)NC#N)N=C1c1ccc(Cl)c(Cl)c1. The lowest BCUT2D eigenvalue weighted by molar-refractivity contribution is -0.275. The van der Waals surface area contributed by atoms with Crippen LogP contribution in [0, 0.1) is 17.3 Å². The van der Waals surface area contributed by atoms with Crippen LogP contribution in [-0.2, 0) is 4.79 Å². The molecule has 0 atom stereocenters. The molecule has 196 valence electrons. The number of rotatable bonds is 6. The quantitative estimate of drug-likeness (QED) is 0.181. The van der Waals surface area contributed by atoms with Crippen LogP contribution in [0.2, 0.25) is 10.0 Å². The first-order chi connectivity index (χ1) is 17.5. The Kier molecular flexibility index (Phi) is 8.64. The molecular formula is C21H17Cl2F4N7O3. The number of halogens is 6. The van der Waals surface area contributed by atoms with Gasteiger partial charge in [-0.15, -0.1) is 18.3 Å². The van der Waals surface area contributed by atoms with Gasteiger partial charge in [0.1, 0.15) is 19.0 Å². The number of hydrazone groups is 1. The molecule has 2 N–H and O–H groups in total. The summed E-state index contributed by atoms with van der Waals surface area (Å²) in [4.78, 5) is 16.3. The average molecular weight is 562 g/mol. The molecule has 16 heteroatoms. The first-order valence-electron chi connectivity index (χ1n) is 10.3. The second-order valence-corrected chi connectivity index (χ2v) is 7.88. The number of amidine groups is 1. The fraction of sp³-hybridized carbons (Fsp3) is 0.238. The number of hydrogen-bond donors (Lipinski definition) is 2. The number of likely N-dealkylation sites (N-methyl/N-ethyl adjacent to an activating group) is 1. The minimum atomic E-state index is -5.14. The number of amides is 1. The van der Waals surface area contributed by atoms with Gasteiger partial charge in [0, 0.05) is 12.1 Å². The van der Waals surface area contributed by atoms with Crippen LogP contribution >= 0.6 is 23.2 Å². The maximum absolute atomic E-state index is 14.7. The Bertz CT molecular complexity index is 1280. The number of benzene rings is 2. The van der Waals surface area contributed by atoms with Crippen LogP contribution in [0.4, 0.5) is 23.2 Å². The van der Waals surface area contributed by atoms with Crippen molar-refractivity contribution >= 4 is 46.6 Å². The van der Waals surface area contributed by atoms with Crippen LogP contribution in [-0.4, -0.2) is 64.0 Å². The van der Waals surface area contributed by atoms with Gasteiger partial charge in [0.05, 0.1) is 10.0 Å². The number of carbonyl (C=O) groups excluding carboxylic acids is 1. The Morgan fingerprint density at radius 2 is 2.05 bits per heavy atom. The smallest absolute Gasteiger partial charge is 0.403 e. The summed E-state index contributed by atoms with van der Waals surface area (Å²) in [6, 6.07) is 7.39. The van der Waals surface area contributed by atoms with Gasteiger partial charge in [0.2, 0.25) is 5.96 Å². The van der Waals surface area contributed by atoms with Crippen molar-refractivity contribution < 1.29 is 32.2 Å². The third-order valence-corrected chi connectivity index (χ3v) is 5.47. The second-order valence-electron chi connectivity index (χ2n) is 7.07. The Morgan fingerprint density at radius 1 is 1.32 bits per heavy atom. The molecular weight excluding hydrogens is 545 g/mol. The van der Waals surface area contributed by atoms with Gasteiger partial charge in [0.15, 0.2) is 23.6 Å². The third kappa shape index (κ3) is 6.50. The van der Waals surface area contributed by atoms with E-state index < -0.39 is 42.1 Å². The maximum atomic E-state index is 14.7. The van der Waals surface area contributed by atoms with E-state index in [-0.39, 0.29) is 29.1 Å². The van der Waals surface area contributed by atoms with Crippen molar-refractivity contribution in [1.82, 2.24) is 20.3 Å². The van der Waals surface area contributed by atoms with Gasteiger partial charge in [-0.2, -0.15) is 5.26 Å². The average Bonchev–Trinajstić information content (AvgIpc) is 3.27. The summed E-state index contributed by atoms with van der Waals surface area (Å²) in [5, 5.41) is 29.1. The van der Waals surface area contributed by atoms with Crippen LogP contribution in [0.5, 0.6) is 5.75 Å². The first kappa shape index (κ1) is 27.8. The molecule has 0 bridgehead atoms. The number of hydrogen-bond acceptors (Lipinski definition) is 7. The zero-order valence-electron chi connectivity index (χ0n) is 18.8. The minimum Gasteiger partial charge on any atom is -0.403 e. The van der Waals surface area contributed by atoms with Gasteiger partial charge < -0.3 is 9.84 Å². The molecule has 10 nitrogen and oxygen atoms in total. The molecule has 0 saturated heterocycles. The number of guanidine groups is 1. The predicted octanol–water partition coefficient (Wildman–Crippen LogP) is 3.78. The molecule has 1 aliphatic rings. The molecule has 0 radical (unpaired) electrons. The number of aliphatic hydroxyl groups is 1. The molecule has 0 aliphatic carbocycles. The van der Waals surface area contributed by atoms with Gasteiger partial charge in [0.25, 0.3) is 5.91 Å². The molecule has 0 spiro atoms. The molecule has 2 aromatic carbocycles. The summed E-state index contributed by atoms with van der Waals surface area (Å²) >= 11 is 12.1. The largest absolute Gasteiger partial charge is 0.573 e. The monoisotopic (exact) mass is 561 g/mol. The lowest BCUT2D eigenvalue weighted by Crippen LogP contribution is -2.51. The Morgan fingerprint density at radius 3 is 2.65 bits per heavy atom. The zero-order chi connectivity index (χ0) is 27.3. The fourth-order valence-corrected chi connectivity index (χ4v) is 3.50. The van der Waals surface area contributed by atoms with E-state index in [0.29, 0.717) is 5.56 Å². The summed E-state index contributed by atoms with van der Waals surface area (Å²) in [7, 11) is 0. The molecule has 0 aromatic heterocycles. The Hall–Kier alpha value is -3.80. The number of nitrogens with zero attached hydrogens (tertiary/aromatic N) is 6. The van der Waals surface area contributed by atoms with E-state index in [1.54, 1.807) is 19.2 Å². The van der Waals surface area contributed by atoms with Gasteiger partial charge in [-0.05, 0) is 37.3 Å². The zero-order valence-corrected chi connectivity index (χ0v) is 20.3. The van der Waals surface area contributed by atoms with Crippen LogP contribution in [0.25, 0.3) is 0 Å². The molecule has 37 heavy (non-hydrogen) atoms. The molecule has 0 fully saturated rings. The highest BCUT2D eigenvalue weighted by atomic mass is 35.5. The van der Waals surface area contributed by atoms with Crippen molar-refractivity contribution in [2.45, 2.75) is 13.3 Å². The molecule has 3 rings (SSSR count). The minimum absolute atomic E-state index is 0.0944. The molecule has 2 aromatic rings. The molecule has 0 saturated carbocycles. The van der Waals surface area contributed by atoms with Crippen molar-refractivity contribution in [2.75, 3.05) is 19.8 Å². The number of ether oxygens (including phenoxy) is 1. The first-order valence-corrected chi connectivity index (χ1v) is 11.0. The van der Waals surface area contributed by atoms with Gasteiger partial charge in [-0.3, -0.25) is 10.1 Å². The van der Waals surface area contributed by atoms with Crippen molar-refractivity contribution in [1.29, 1.82) is 5.26 Å². The van der Waals surface area contributed by atoms with Crippen LogP contribution in [0.1, 0.15) is 12.5 Å². The number of aliphatic hydroxyl groups excluding tert-OH is 1. The summed E-state index contributed by atoms with van der Waals surface area (Å²) in [6.07, 6.45) is -3.55. The summed E-state index contributed by atoms with van der Waals surface area (Å²) < 4.78 is 56.2. The topological polar surface area (TPSA) is 117 Å². The van der Waals surface area contributed by atoms with Crippen molar-refractivity contribution in [3.8, 4) is 11.9 Å². The van der Waals surface area contributed by atoms with Gasteiger partial charge >= 0.3 is 6.36 Å². The Labute approximate surface area is 217 Å². The summed E-state index contributed by atoms with van der Waals surface area (Å²) in [6.45, 7) is 0.626. The van der Waals surface area contributed by atoms with E-state index in [1.807, 2.05) is 0 Å². The van der Waals surface area contributed by atoms with Crippen LogP contribution < -0.4 is 10.1 Å². The number of alkyl halides is 3. The van der Waals surface area contributed by atoms with E-state index in [9.17, 15) is 32.7 Å². The van der Waals surface area contributed by atoms with Gasteiger partial charge in [-0.25, -0.2) is 24.4 Å². The van der Waals surface area contributed by atoms with E-state index in [4.69, 9.17) is 23.2 Å². The summed E-state index contributed by atoms with van der Waals surface area (Å²) in [5.41, 5.74) is -0.216. The molecule has 0 unspecified atom stereocenters. The lowest BCUT2D eigenvalue weighted by Gasteiger charge is -2.32. The molecule has 1 amide bonds. The van der Waals surface area contributed by atoms with Crippen LogP contribution in [0.15, 0.2) is 46.5 Å². The highest BCUT2D eigenvalue weighted by Crippen LogP contribution is 2.32. The normalized spacial score (nSPS) is 13.8. The third-order valence-electron chi connectivity index (χ3n) is 4.73. The van der Waals surface area contributed by atoms with E-state index in [0.717, 1.165) is 28.2 Å². The van der Waals surface area contributed by atoms with E-state index >= 15 is 0 Å². The number of nitrogens with one attached hydrogen (secondary N) is 1.